The molecule has 0 saturated heterocycles. The third kappa shape index (κ3) is 2.76. The summed E-state index contributed by atoms with van der Waals surface area (Å²) in [7, 11) is 1.69. The Kier molecular flexibility index (Phi) is 3.80. The number of carbonyl (C=O) groups is 1. The smallest absolute Gasteiger partial charge is 0.220 e. The highest BCUT2D eigenvalue weighted by molar-refractivity contribution is 7.80. The van der Waals surface area contributed by atoms with Gasteiger partial charge in [0.25, 0.3) is 0 Å². The third-order valence-corrected chi connectivity index (χ3v) is 2.49. The molecule has 80 valence electrons. The van der Waals surface area contributed by atoms with E-state index in [0.717, 1.165) is 5.56 Å². The van der Waals surface area contributed by atoms with Gasteiger partial charge in [0.2, 0.25) is 5.91 Å². The number of likely N-dealkylation sites (N-methyl/N-ethyl adjacent to an activating group) is 1. The van der Waals surface area contributed by atoms with Crippen molar-refractivity contribution in [3.05, 3.63) is 35.9 Å². The summed E-state index contributed by atoms with van der Waals surface area (Å²) < 4.78 is 0. The fourth-order valence-electron chi connectivity index (χ4n) is 1.40. The van der Waals surface area contributed by atoms with Gasteiger partial charge in [-0.2, -0.15) is 0 Å². The quantitative estimate of drug-likeness (QED) is 0.788. The van der Waals surface area contributed by atoms with Crippen LogP contribution in [0.5, 0.6) is 0 Å². The number of thiocarbonyl (C=S) groups is 1. The molecule has 0 aliphatic heterocycles. The Balaban J connectivity index is 3.04. The lowest BCUT2D eigenvalue weighted by atomic mass is 10.1. The highest BCUT2D eigenvalue weighted by Crippen LogP contribution is 2.19. The van der Waals surface area contributed by atoms with Crippen molar-refractivity contribution in [2.45, 2.75) is 13.0 Å². The number of benzene rings is 1. The Morgan fingerprint density at radius 1 is 1.40 bits per heavy atom. The molecule has 0 spiro atoms. The summed E-state index contributed by atoms with van der Waals surface area (Å²) in [5, 5.41) is 0. The van der Waals surface area contributed by atoms with E-state index < -0.39 is 0 Å². The van der Waals surface area contributed by atoms with E-state index in [2.05, 4.69) is 0 Å². The van der Waals surface area contributed by atoms with Crippen LogP contribution < -0.4 is 5.73 Å². The van der Waals surface area contributed by atoms with Gasteiger partial charge in [-0.15, -0.1) is 0 Å². The molecule has 0 fully saturated rings. The SMILES string of the molecule is CC(=O)N(C)C(C(N)=S)c1ccccc1. The molecule has 3 nitrogen and oxygen atoms in total. The minimum atomic E-state index is -0.321. The van der Waals surface area contributed by atoms with Crippen molar-refractivity contribution >= 4 is 23.1 Å². The van der Waals surface area contributed by atoms with E-state index in [1.807, 2.05) is 30.3 Å². The van der Waals surface area contributed by atoms with Crippen molar-refractivity contribution in [3.63, 3.8) is 0 Å². The van der Waals surface area contributed by atoms with Crippen LogP contribution in [0.4, 0.5) is 0 Å². The van der Waals surface area contributed by atoms with Crippen LogP contribution in [0, 0.1) is 0 Å². The normalized spacial score (nSPS) is 11.9. The molecule has 1 amide bonds. The Hall–Kier alpha value is -1.42. The third-order valence-electron chi connectivity index (χ3n) is 2.27. The molecule has 0 aliphatic carbocycles. The van der Waals surface area contributed by atoms with Gasteiger partial charge in [0.15, 0.2) is 0 Å². The van der Waals surface area contributed by atoms with Crippen molar-refractivity contribution in [1.29, 1.82) is 0 Å². The second-order valence-electron chi connectivity index (χ2n) is 3.35. The van der Waals surface area contributed by atoms with E-state index in [9.17, 15) is 4.79 Å². The number of hydrogen-bond donors (Lipinski definition) is 1. The first kappa shape index (κ1) is 11.7. The molecule has 1 unspecified atom stereocenters. The molecule has 0 aliphatic rings. The van der Waals surface area contributed by atoms with E-state index in [1.165, 1.54) is 11.8 Å². The summed E-state index contributed by atoms with van der Waals surface area (Å²) in [5.41, 5.74) is 6.58. The van der Waals surface area contributed by atoms with Crippen LogP contribution in [0.15, 0.2) is 30.3 Å². The van der Waals surface area contributed by atoms with E-state index in [4.69, 9.17) is 18.0 Å². The number of nitrogens with two attached hydrogens (primary N) is 1. The zero-order chi connectivity index (χ0) is 11.4. The van der Waals surface area contributed by atoms with Crippen LogP contribution in [0.25, 0.3) is 0 Å². The van der Waals surface area contributed by atoms with E-state index in [-0.39, 0.29) is 11.9 Å². The van der Waals surface area contributed by atoms with E-state index in [0.29, 0.717) is 4.99 Å². The Labute approximate surface area is 94.9 Å². The van der Waals surface area contributed by atoms with Crippen LogP contribution in [-0.2, 0) is 4.79 Å². The van der Waals surface area contributed by atoms with Gasteiger partial charge in [-0.1, -0.05) is 42.5 Å². The fraction of sp³-hybridized carbons (Fsp3) is 0.273. The average Bonchev–Trinajstić information content (AvgIpc) is 2.18. The predicted molar refractivity (Wildman–Crippen MR) is 64.4 cm³/mol. The molecule has 1 rings (SSSR count). The number of carbonyl (C=O) groups excluding carboxylic acids is 1. The molecule has 2 N–H and O–H groups in total. The van der Waals surface area contributed by atoms with Crippen LogP contribution in [-0.4, -0.2) is 22.8 Å². The van der Waals surface area contributed by atoms with E-state index >= 15 is 0 Å². The molecule has 0 aromatic heterocycles. The van der Waals surface area contributed by atoms with Crippen LogP contribution >= 0.6 is 12.2 Å². The highest BCUT2D eigenvalue weighted by atomic mass is 32.1. The monoisotopic (exact) mass is 222 g/mol. The molecular formula is C11H14N2OS. The number of rotatable bonds is 3. The maximum absolute atomic E-state index is 11.3. The molecule has 0 radical (unpaired) electrons. The Bertz CT molecular complexity index is 364. The highest BCUT2D eigenvalue weighted by Gasteiger charge is 2.21. The van der Waals surface area contributed by atoms with Gasteiger partial charge in [-0.25, -0.2) is 0 Å². The maximum Gasteiger partial charge on any atom is 0.220 e. The summed E-state index contributed by atoms with van der Waals surface area (Å²) in [5.74, 6) is -0.0587. The largest absolute Gasteiger partial charge is 0.391 e. The predicted octanol–water partition coefficient (Wildman–Crippen LogP) is 1.49. The zero-order valence-electron chi connectivity index (χ0n) is 8.81. The first-order chi connectivity index (χ1) is 7.04. The average molecular weight is 222 g/mol. The number of amides is 1. The molecule has 4 heteroatoms. The fourth-order valence-corrected chi connectivity index (χ4v) is 1.69. The minimum absolute atomic E-state index is 0.0587. The van der Waals surface area contributed by atoms with Crippen LogP contribution in [0.2, 0.25) is 0 Å². The molecule has 1 aromatic rings. The summed E-state index contributed by atoms with van der Waals surface area (Å²) >= 11 is 4.98. The van der Waals surface area contributed by atoms with Crippen LogP contribution in [0.1, 0.15) is 18.5 Å². The molecule has 1 atom stereocenters. The molecule has 0 bridgehead atoms. The Morgan fingerprint density at radius 3 is 2.33 bits per heavy atom. The lowest BCUT2D eigenvalue weighted by molar-refractivity contribution is -0.128. The second-order valence-corrected chi connectivity index (χ2v) is 3.82. The van der Waals surface area contributed by atoms with Gasteiger partial charge < -0.3 is 10.6 Å². The molecular weight excluding hydrogens is 208 g/mol. The molecule has 0 saturated carbocycles. The lowest BCUT2D eigenvalue weighted by Gasteiger charge is -2.26. The molecule has 0 heterocycles. The van der Waals surface area contributed by atoms with Crippen molar-refractivity contribution in [2.24, 2.45) is 5.73 Å². The van der Waals surface area contributed by atoms with Crippen molar-refractivity contribution in [1.82, 2.24) is 4.90 Å². The zero-order valence-corrected chi connectivity index (χ0v) is 9.62. The van der Waals surface area contributed by atoms with Gasteiger partial charge in [0.05, 0.1) is 0 Å². The van der Waals surface area contributed by atoms with Crippen molar-refractivity contribution < 1.29 is 4.79 Å². The van der Waals surface area contributed by atoms with Crippen molar-refractivity contribution in [3.8, 4) is 0 Å². The summed E-state index contributed by atoms with van der Waals surface area (Å²) in [4.78, 5) is 13.1. The van der Waals surface area contributed by atoms with Crippen LogP contribution in [0.3, 0.4) is 0 Å². The second kappa shape index (κ2) is 4.89. The standard InChI is InChI=1S/C11H14N2OS/c1-8(14)13(2)10(11(12)15)9-6-4-3-5-7-9/h3-7,10H,1-2H3,(H2,12,15). The van der Waals surface area contributed by atoms with Gasteiger partial charge in [-0.05, 0) is 5.56 Å². The van der Waals surface area contributed by atoms with Crippen molar-refractivity contribution in [2.75, 3.05) is 7.05 Å². The number of hydrogen-bond acceptors (Lipinski definition) is 2. The van der Waals surface area contributed by atoms with Gasteiger partial charge >= 0.3 is 0 Å². The van der Waals surface area contributed by atoms with E-state index in [1.54, 1.807) is 7.05 Å². The number of nitrogens with zero attached hydrogens (tertiary/aromatic N) is 1. The van der Waals surface area contributed by atoms with Gasteiger partial charge in [-0.3, -0.25) is 4.79 Å². The van der Waals surface area contributed by atoms with Gasteiger partial charge in [0.1, 0.15) is 11.0 Å². The topological polar surface area (TPSA) is 46.3 Å². The summed E-state index contributed by atoms with van der Waals surface area (Å²) in [6.45, 7) is 1.49. The Morgan fingerprint density at radius 2 is 1.93 bits per heavy atom. The molecule has 1 aromatic carbocycles. The maximum atomic E-state index is 11.3. The summed E-state index contributed by atoms with van der Waals surface area (Å²) in [6, 6.07) is 9.20. The van der Waals surface area contributed by atoms with Gasteiger partial charge in [0, 0.05) is 14.0 Å². The first-order valence-corrected chi connectivity index (χ1v) is 5.02. The lowest BCUT2D eigenvalue weighted by Crippen LogP contribution is -2.36. The molecule has 15 heavy (non-hydrogen) atoms. The first-order valence-electron chi connectivity index (χ1n) is 4.61. The minimum Gasteiger partial charge on any atom is -0.391 e. The summed E-state index contributed by atoms with van der Waals surface area (Å²) in [6.07, 6.45) is 0.